The molecule has 1 amide bonds. The highest BCUT2D eigenvalue weighted by Gasteiger charge is 2.24. The number of aromatic nitrogens is 2. The first kappa shape index (κ1) is 13.1. The van der Waals surface area contributed by atoms with Crippen molar-refractivity contribution >= 4 is 16.9 Å². The van der Waals surface area contributed by atoms with Crippen molar-refractivity contribution in [2.75, 3.05) is 0 Å². The van der Waals surface area contributed by atoms with Gasteiger partial charge in [0.25, 0.3) is 0 Å². The first-order valence-electron chi connectivity index (χ1n) is 7.17. The Balaban J connectivity index is 1.57. The van der Waals surface area contributed by atoms with Crippen LogP contribution in [0.2, 0.25) is 0 Å². The number of fused-ring (bicyclic) bond motifs is 1. The molecule has 0 aromatic carbocycles. The predicted molar refractivity (Wildman–Crippen MR) is 77.9 cm³/mol. The fraction of sp³-hybridized carbons (Fsp3) is 0.467. The van der Waals surface area contributed by atoms with Crippen molar-refractivity contribution in [1.82, 2.24) is 15.3 Å². The molecule has 1 fully saturated rings. The van der Waals surface area contributed by atoms with E-state index in [0.717, 1.165) is 37.9 Å². The van der Waals surface area contributed by atoms with Gasteiger partial charge in [-0.1, -0.05) is 0 Å². The molecule has 0 radical (unpaired) electrons. The van der Waals surface area contributed by atoms with Gasteiger partial charge in [-0.3, -0.25) is 4.79 Å². The van der Waals surface area contributed by atoms with Gasteiger partial charge in [-0.15, -0.1) is 0 Å². The number of rotatable bonds is 4. The minimum absolute atomic E-state index is 0.0744. The first-order chi connectivity index (χ1) is 9.74. The number of hydrogen-bond acceptors (Lipinski definition) is 3. The summed E-state index contributed by atoms with van der Waals surface area (Å²) < 4.78 is 0. The maximum Gasteiger partial charge on any atom is 0.220 e. The molecule has 0 aliphatic heterocycles. The Hall–Kier alpha value is -1.88. The summed E-state index contributed by atoms with van der Waals surface area (Å²) in [4.78, 5) is 18.6. The molecule has 2 aromatic rings. The van der Waals surface area contributed by atoms with Crippen LogP contribution in [-0.2, 0) is 11.3 Å². The van der Waals surface area contributed by atoms with Crippen molar-refractivity contribution in [2.45, 2.75) is 38.3 Å². The summed E-state index contributed by atoms with van der Waals surface area (Å²) in [6.45, 7) is 0.831. The largest absolute Gasteiger partial charge is 0.369 e. The van der Waals surface area contributed by atoms with Gasteiger partial charge in [-0.2, -0.15) is 0 Å². The van der Waals surface area contributed by atoms with Gasteiger partial charge in [-0.25, -0.2) is 4.98 Å². The molecule has 1 aliphatic carbocycles. The molecule has 106 valence electrons. The number of amides is 1. The van der Waals surface area contributed by atoms with Crippen LogP contribution < -0.4 is 11.1 Å². The molecule has 4 N–H and O–H groups in total. The lowest BCUT2D eigenvalue weighted by molar-refractivity contribution is -0.122. The Bertz CT molecular complexity index is 599. The number of hydrogen-bond donors (Lipinski definition) is 3. The van der Waals surface area contributed by atoms with Crippen molar-refractivity contribution in [3.8, 4) is 0 Å². The molecule has 0 atom stereocenters. The van der Waals surface area contributed by atoms with Crippen LogP contribution in [0.4, 0.5) is 0 Å². The lowest BCUT2D eigenvalue weighted by Crippen LogP contribution is -2.36. The number of nitrogens with one attached hydrogen (secondary N) is 2. The second-order valence-corrected chi connectivity index (χ2v) is 5.55. The van der Waals surface area contributed by atoms with Crippen LogP contribution in [0.5, 0.6) is 0 Å². The van der Waals surface area contributed by atoms with Crippen LogP contribution in [0.15, 0.2) is 24.5 Å². The van der Waals surface area contributed by atoms with E-state index in [1.165, 1.54) is 10.9 Å². The maximum absolute atomic E-state index is 11.1. The fourth-order valence-corrected chi connectivity index (χ4v) is 3.00. The second-order valence-electron chi connectivity index (χ2n) is 5.55. The van der Waals surface area contributed by atoms with E-state index >= 15 is 0 Å². The highest BCUT2D eigenvalue weighted by Crippen LogP contribution is 2.24. The van der Waals surface area contributed by atoms with Gasteiger partial charge >= 0.3 is 0 Å². The van der Waals surface area contributed by atoms with Gasteiger partial charge in [0.2, 0.25) is 5.91 Å². The standard InChI is InChI=1S/C15H20N4O/c16-14(20)10-3-5-12(6-4-10)18-8-11-9-19-15-13(11)2-1-7-17-15/h1-2,7,9-10,12,18H,3-6,8H2,(H2,16,20)(H,17,19). The van der Waals surface area contributed by atoms with E-state index < -0.39 is 0 Å². The van der Waals surface area contributed by atoms with Gasteiger partial charge in [0, 0.05) is 36.3 Å². The van der Waals surface area contributed by atoms with Crippen molar-refractivity contribution in [1.29, 1.82) is 0 Å². The van der Waals surface area contributed by atoms with Crippen LogP contribution in [0.25, 0.3) is 11.0 Å². The second kappa shape index (κ2) is 5.63. The number of H-pyrrole nitrogens is 1. The molecule has 0 bridgehead atoms. The summed E-state index contributed by atoms with van der Waals surface area (Å²) in [6.07, 6.45) is 7.66. The zero-order valence-corrected chi connectivity index (χ0v) is 11.4. The molecule has 1 saturated carbocycles. The van der Waals surface area contributed by atoms with Crippen LogP contribution in [0.3, 0.4) is 0 Å². The van der Waals surface area contributed by atoms with Crippen LogP contribution in [0, 0.1) is 5.92 Å². The van der Waals surface area contributed by atoms with E-state index in [-0.39, 0.29) is 11.8 Å². The van der Waals surface area contributed by atoms with Crippen LogP contribution >= 0.6 is 0 Å². The number of aromatic amines is 1. The fourth-order valence-electron chi connectivity index (χ4n) is 3.00. The van der Waals surface area contributed by atoms with E-state index in [1.807, 2.05) is 12.3 Å². The van der Waals surface area contributed by atoms with E-state index in [2.05, 4.69) is 21.4 Å². The SMILES string of the molecule is NC(=O)C1CCC(NCc2c[nH]c3ncccc23)CC1. The minimum atomic E-state index is -0.147. The molecular weight excluding hydrogens is 252 g/mol. The van der Waals surface area contributed by atoms with Gasteiger partial charge in [0.05, 0.1) is 0 Å². The molecule has 0 saturated heterocycles. The summed E-state index contributed by atoms with van der Waals surface area (Å²) >= 11 is 0. The third-order valence-corrected chi connectivity index (χ3v) is 4.25. The quantitative estimate of drug-likeness (QED) is 0.792. The number of pyridine rings is 1. The minimum Gasteiger partial charge on any atom is -0.369 e. The average molecular weight is 272 g/mol. The van der Waals surface area contributed by atoms with Crippen molar-refractivity contribution in [2.24, 2.45) is 11.7 Å². The summed E-state index contributed by atoms with van der Waals surface area (Å²) in [7, 11) is 0. The first-order valence-corrected chi connectivity index (χ1v) is 7.17. The number of nitrogens with zero attached hydrogens (tertiary/aromatic N) is 1. The Kier molecular flexibility index (Phi) is 3.69. The van der Waals surface area contributed by atoms with E-state index in [1.54, 1.807) is 6.20 Å². The number of nitrogens with two attached hydrogens (primary N) is 1. The van der Waals surface area contributed by atoms with Gasteiger partial charge < -0.3 is 16.0 Å². The predicted octanol–water partition coefficient (Wildman–Crippen LogP) is 1.70. The summed E-state index contributed by atoms with van der Waals surface area (Å²) in [5.74, 6) is -0.0727. The Morgan fingerprint density at radius 2 is 2.20 bits per heavy atom. The Labute approximate surface area is 118 Å². The third kappa shape index (κ3) is 2.67. The molecule has 2 aromatic heterocycles. The van der Waals surface area contributed by atoms with Gasteiger partial charge in [0.1, 0.15) is 5.65 Å². The molecular formula is C15H20N4O. The molecule has 1 aliphatic rings. The number of carbonyl (C=O) groups is 1. The lowest BCUT2D eigenvalue weighted by atomic mass is 9.85. The van der Waals surface area contributed by atoms with Crippen molar-refractivity contribution < 1.29 is 4.79 Å². The Morgan fingerprint density at radius 3 is 2.95 bits per heavy atom. The summed E-state index contributed by atoms with van der Waals surface area (Å²) in [5.41, 5.74) is 7.53. The van der Waals surface area contributed by atoms with Crippen molar-refractivity contribution in [3.05, 3.63) is 30.1 Å². The maximum atomic E-state index is 11.1. The van der Waals surface area contributed by atoms with Gasteiger partial charge in [-0.05, 0) is 43.4 Å². The zero-order valence-electron chi connectivity index (χ0n) is 11.4. The number of primary amides is 1. The highest BCUT2D eigenvalue weighted by molar-refractivity contribution is 5.79. The molecule has 0 unspecified atom stereocenters. The average Bonchev–Trinajstić information content (AvgIpc) is 2.89. The number of carbonyl (C=O) groups excluding carboxylic acids is 1. The molecule has 3 rings (SSSR count). The van der Waals surface area contributed by atoms with Crippen LogP contribution in [-0.4, -0.2) is 21.9 Å². The highest BCUT2D eigenvalue weighted by atomic mass is 16.1. The normalized spacial score (nSPS) is 23.0. The van der Waals surface area contributed by atoms with E-state index in [0.29, 0.717) is 6.04 Å². The van der Waals surface area contributed by atoms with Gasteiger partial charge in [0.15, 0.2) is 0 Å². The van der Waals surface area contributed by atoms with E-state index in [4.69, 9.17) is 5.73 Å². The molecule has 5 nitrogen and oxygen atoms in total. The van der Waals surface area contributed by atoms with Crippen LogP contribution in [0.1, 0.15) is 31.2 Å². The topological polar surface area (TPSA) is 83.8 Å². The molecule has 20 heavy (non-hydrogen) atoms. The summed E-state index contributed by atoms with van der Waals surface area (Å²) in [5, 5.41) is 4.75. The monoisotopic (exact) mass is 272 g/mol. The molecule has 5 heteroatoms. The Morgan fingerprint density at radius 1 is 1.40 bits per heavy atom. The van der Waals surface area contributed by atoms with E-state index in [9.17, 15) is 4.79 Å². The molecule has 0 spiro atoms. The summed E-state index contributed by atoms with van der Waals surface area (Å²) in [6, 6.07) is 4.52. The molecule has 2 heterocycles. The lowest BCUT2D eigenvalue weighted by Gasteiger charge is -2.27. The third-order valence-electron chi connectivity index (χ3n) is 4.25. The zero-order chi connectivity index (χ0) is 13.9. The van der Waals surface area contributed by atoms with Crippen molar-refractivity contribution in [3.63, 3.8) is 0 Å². The smallest absolute Gasteiger partial charge is 0.220 e.